The maximum absolute atomic E-state index is 11.6. The third kappa shape index (κ3) is 3.77. The largest absolute Gasteiger partial charge is 0.481 e. The van der Waals surface area contributed by atoms with Gasteiger partial charge in [-0.25, -0.2) is 0 Å². The Morgan fingerprint density at radius 3 is 2.12 bits per heavy atom. The number of carboxylic acids is 1. The molecule has 0 radical (unpaired) electrons. The summed E-state index contributed by atoms with van der Waals surface area (Å²) in [5.41, 5.74) is 0. The number of carbonyl (C=O) groups excluding carboxylic acids is 2. The number of carbonyl (C=O) groups is 3. The van der Waals surface area contributed by atoms with Crippen molar-refractivity contribution in [3.8, 4) is 0 Å². The van der Waals surface area contributed by atoms with Crippen molar-refractivity contribution in [1.29, 1.82) is 0 Å². The molecule has 0 aromatic carbocycles. The number of amides is 2. The Labute approximate surface area is 116 Å². The molecule has 1 fully saturated rings. The number of hydrogen-bond donors (Lipinski definition) is 1. The molecule has 2 atom stereocenters. The van der Waals surface area contributed by atoms with Gasteiger partial charge in [-0.2, -0.15) is 0 Å². The van der Waals surface area contributed by atoms with Crippen molar-refractivity contribution in [3.63, 3.8) is 0 Å². The summed E-state index contributed by atoms with van der Waals surface area (Å²) in [5.74, 6) is -1.27. The van der Waals surface area contributed by atoms with Crippen molar-refractivity contribution in [1.82, 2.24) is 4.90 Å². The first-order valence-electron chi connectivity index (χ1n) is 5.30. The van der Waals surface area contributed by atoms with Crippen LogP contribution in [-0.2, 0) is 14.4 Å². The van der Waals surface area contributed by atoms with E-state index in [2.05, 4.69) is 31.9 Å². The van der Waals surface area contributed by atoms with Crippen LogP contribution in [0.2, 0.25) is 0 Å². The number of nitrogens with zero attached hydrogens (tertiary/aromatic N) is 1. The molecule has 0 aromatic rings. The summed E-state index contributed by atoms with van der Waals surface area (Å²) in [6, 6.07) is 0. The van der Waals surface area contributed by atoms with Crippen molar-refractivity contribution in [2.24, 2.45) is 0 Å². The zero-order valence-corrected chi connectivity index (χ0v) is 12.2. The Bertz CT molecular complexity index is 314. The van der Waals surface area contributed by atoms with E-state index in [4.69, 9.17) is 5.11 Å². The number of rotatable bonds is 6. The molecule has 96 valence electrons. The number of carboxylic acid groups (broad SMARTS) is 1. The van der Waals surface area contributed by atoms with Crippen LogP contribution in [0.5, 0.6) is 0 Å². The topological polar surface area (TPSA) is 74.7 Å². The van der Waals surface area contributed by atoms with Crippen molar-refractivity contribution in [2.75, 3.05) is 6.54 Å². The summed E-state index contributed by atoms with van der Waals surface area (Å²) in [6.45, 7) is 0.363. The molecule has 0 saturated carbocycles. The van der Waals surface area contributed by atoms with E-state index in [1.807, 2.05) is 0 Å². The minimum absolute atomic E-state index is 0.129. The Kier molecular flexibility index (Phi) is 5.58. The maximum Gasteiger partial charge on any atom is 0.303 e. The van der Waals surface area contributed by atoms with Gasteiger partial charge in [0.05, 0.1) is 0 Å². The summed E-state index contributed by atoms with van der Waals surface area (Å²) in [5, 5.41) is 8.45. The predicted molar refractivity (Wildman–Crippen MR) is 68.3 cm³/mol. The van der Waals surface area contributed by atoms with E-state index in [1.165, 1.54) is 4.90 Å². The first kappa shape index (κ1) is 14.6. The predicted octanol–water partition coefficient (Wildman–Crippen LogP) is 1.53. The van der Waals surface area contributed by atoms with Gasteiger partial charge >= 0.3 is 5.97 Å². The van der Waals surface area contributed by atoms with Crippen LogP contribution in [0.3, 0.4) is 0 Å². The van der Waals surface area contributed by atoms with E-state index >= 15 is 0 Å². The van der Waals surface area contributed by atoms with Gasteiger partial charge in [0.2, 0.25) is 11.8 Å². The normalized spacial score (nSPS) is 24.5. The molecule has 2 amide bonds. The van der Waals surface area contributed by atoms with E-state index in [9.17, 15) is 14.4 Å². The molecule has 1 N–H and O–H groups in total. The number of unbranched alkanes of at least 4 members (excludes halogenated alkanes) is 2. The Balaban J connectivity index is 2.30. The highest BCUT2D eigenvalue weighted by atomic mass is 79.9. The fourth-order valence-electron chi connectivity index (χ4n) is 1.60. The third-order valence-corrected chi connectivity index (χ3v) is 5.08. The smallest absolute Gasteiger partial charge is 0.303 e. The molecule has 1 aliphatic rings. The average Bonchev–Trinajstić information content (AvgIpc) is 2.45. The number of hydrogen-bond acceptors (Lipinski definition) is 3. The van der Waals surface area contributed by atoms with E-state index in [1.54, 1.807) is 0 Å². The van der Waals surface area contributed by atoms with Gasteiger partial charge in [0, 0.05) is 13.0 Å². The summed E-state index contributed by atoms with van der Waals surface area (Å²) in [4.78, 5) is 33.8. The molecule has 0 aliphatic carbocycles. The molecular weight excluding hydrogens is 358 g/mol. The number of halogens is 2. The summed E-state index contributed by atoms with van der Waals surface area (Å²) in [6.07, 6.45) is 2.04. The Morgan fingerprint density at radius 2 is 1.65 bits per heavy atom. The van der Waals surface area contributed by atoms with Gasteiger partial charge in [0.1, 0.15) is 9.65 Å². The highest BCUT2D eigenvalue weighted by molar-refractivity contribution is 9.12. The van der Waals surface area contributed by atoms with E-state index < -0.39 is 15.6 Å². The second-order valence-electron chi connectivity index (χ2n) is 3.84. The van der Waals surface area contributed by atoms with Gasteiger partial charge in [-0.15, -0.1) is 0 Å². The molecular formula is C10H13Br2NO4. The van der Waals surface area contributed by atoms with Crippen LogP contribution < -0.4 is 0 Å². The fourth-order valence-corrected chi connectivity index (χ4v) is 2.55. The molecule has 1 aliphatic heterocycles. The summed E-state index contributed by atoms with van der Waals surface area (Å²) in [7, 11) is 0. The fraction of sp³-hybridized carbons (Fsp3) is 0.700. The van der Waals surface area contributed by atoms with Crippen LogP contribution >= 0.6 is 31.9 Å². The van der Waals surface area contributed by atoms with Crippen LogP contribution in [0, 0.1) is 0 Å². The standard InChI is InChI=1S/C10H13Br2NO4/c11-7-8(12)10(17)13(9(7)16)5-3-1-2-4-6(14)15/h7-8H,1-5H2,(H,14,15). The lowest BCUT2D eigenvalue weighted by Crippen LogP contribution is -2.32. The van der Waals surface area contributed by atoms with Crippen LogP contribution in [0.4, 0.5) is 0 Å². The molecule has 5 nitrogen and oxygen atoms in total. The zero-order valence-electron chi connectivity index (χ0n) is 9.07. The number of alkyl halides is 2. The molecule has 0 bridgehead atoms. The van der Waals surface area contributed by atoms with Gasteiger partial charge in [-0.3, -0.25) is 19.3 Å². The van der Waals surface area contributed by atoms with E-state index in [0.717, 1.165) is 0 Å². The van der Waals surface area contributed by atoms with E-state index in [0.29, 0.717) is 25.8 Å². The quantitative estimate of drug-likeness (QED) is 0.437. The van der Waals surface area contributed by atoms with Gasteiger partial charge in [-0.05, 0) is 12.8 Å². The van der Waals surface area contributed by atoms with Crippen molar-refractivity contribution in [2.45, 2.75) is 35.3 Å². The van der Waals surface area contributed by atoms with Crippen molar-refractivity contribution in [3.05, 3.63) is 0 Å². The monoisotopic (exact) mass is 369 g/mol. The molecule has 0 spiro atoms. The lowest BCUT2D eigenvalue weighted by molar-refractivity contribution is -0.139. The molecule has 1 saturated heterocycles. The minimum atomic E-state index is -0.820. The molecule has 1 rings (SSSR count). The van der Waals surface area contributed by atoms with E-state index in [-0.39, 0.29) is 18.2 Å². The maximum atomic E-state index is 11.6. The lowest BCUT2D eigenvalue weighted by atomic mass is 10.2. The van der Waals surface area contributed by atoms with Gasteiger partial charge in [-0.1, -0.05) is 38.3 Å². The van der Waals surface area contributed by atoms with Gasteiger partial charge < -0.3 is 5.11 Å². The second-order valence-corrected chi connectivity index (χ2v) is 5.81. The van der Waals surface area contributed by atoms with Gasteiger partial charge in [0.25, 0.3) is 0 Å². The van der Waals surface area contributed by atoms with Crippen LogP contribution in [0.1, 0.15) is 25.7 Å². The number of likely N-dealkylation sites (tertiary alicyclic amines) is 1. The first-order valence-corrected chi connectivity index (χ1v) is 7.13. The summed E-state index contributed by atoms with van der Waals surface area (Å²) < 4.78 is 0. The molecule has 7 heteroatoms. The Hall–Kier alpha value is -0.430. The van der Waals surface area contributed by atoms with Crippen LogP contribution in [0.15, 0.2) is 0 Å². The van der Waals surface area contributed by atoms with Gasteiger partial charge in [0.15, 0.2) is 0 Å². The molecule has 17 heavy (non-hydrogen) atoms. The SMILES string of the molecule is O=C(O)CCCCCN1C(=O)C(Br)C(Br)C1=O. The third-order valence-electron chi connectivity index (χ3n) is 2.53. The molecule has 2 unspecified atom stereocenters. The minimum Gasteiger partial charge on any atom is -0.481 e. The number of imide groups is 1. The van der Waals surface area contributed by atoms with Crippen LogP contribution in [-0.4, -0.2) is 44.0 Å². The second kappa shape index (κ2) is 6.49. The highest BCUT2D eigenvalue weighted by Crippen LogP contribution is 2.26. The van der Waals surface area contributed by atoms with Crippen molar-refractivity contribution >= 4 is 49.6 Å². The molecule has 1 heterocycles. The van der Waals surface area contributed by atoms with Crippen molar-refractivity contribution < 1.29 is 19.5 Å². The first-order chi connectivity index (χ1) is 7.95. The highest BCUT2D eigenvalue weighted by Gasteiger charge is 2.44. The van der Waals surface area contributed by atoms with Crippen LogP contribution in [0.25, 0.3) is 0 Å². The Morgan fingerprint density at radius 1 is 1.12 bits per heavy atom. The average molecular weight is 371 g/mol. The molecule has 0 aromatic heterocycles. The summed E-state index contributed by atoms with van der Waals surface area (Å²) >= 11 is 6.31. The lowest BCUT2D eigenvalue weighted by Gasteiger charge is -2.13. The number of aliphatic carboxylic acids is 1. The zero-order chi connectivity index (χ0) is 13.0.